The van der Waals surface area contributed by atoms with E-state index in [0.29, 0.717) is 4.91 Å². The summed E-state index contributed by atoms with van der Waals surface area (Å²) in [5.74, 6) is -1.91. The molecule has 158 valence electrons. The molecule has 0 spiro atoms. The number of rotatable bonds is 6. The van der Waals surface area contributed by atoms with E-state index in [-0.39, 0.29) is 42.1 Å². The van der Waals surface area contributed by atoms with E-state index in [1.807, 2.05) is 12.3 Å². The van der Waals surface area contributed by atoms with Gasteiger partial charge in [-0.1, -0.05) is 18.7 Å². The zero-order valence-corrected chi connectivity index (χ0v) is 17.9. The third-order valence-electron chi connectivity index (χ3n) is 6.14. The Morgan fingerprint density at radius 1 is 1.52 bits per heavy atom. The average Bonchev–Trinajstić information content (AvgIpc) is 3.24. The van der Waals surface area contributed by atoms with Crippen molar-refractivity contribution in [2.24, 2.45) is 11.8 Å². The van der Waals surface area contributed by atoms with Gasteiger partial charge in [0, 0.05) is 28.2 Å². The normalized spacial score (nSPS) is 32.9. The van der Waals surface area contributed by atoms with Crippen LogP contribution in [0.25, 0.3) is 0 Å². The molecule has 3 aliphatic heterocycles. The van der Waals surface area contributed by atoms with Gasteiger partial charge >= 0.3 is 5.97 Å². The van der Waals surface area contributed by atoms with Crippen LogP contribution in [0.3, 0.4) is 0 Å². The molecule has 0 aromatic carbocycles. The van der Waals surface area contributed by atoms with Gasteiger partial charge in [0.15, 0.2) is 4.34 Å². The summed E-state index contributed by atoms with van der Waals surface area (Å²) >= 11 is 2.79. The average molecular weight is 440 g/mol. The van der Waals surface area contributed by atoms with Crippen molar-refractivity contribution in [2.75, 3.05) is 13.2 Å². The summed E-state index contributed by atoms with van der Waals surface area (Å²) in [5.41, 5.74) is 0.996. The first-order chi connectivity index (χ1) is 13.8. The van der Waals surface area contributed by atoms with Gasteiger partial charge in [0.2, 0.25) is 5.91 Å². The maximum absolute atomic E-state index is 12.4. The number of aromatic nitrogens is 1. The standard InChI is InChI=1S/C19H25N3O5S2/c1-8-14-13(9(2)24)17(25)22(14)15(18(26)27)16(8)29-19-21-12(7-28-19)10-3-4-20-11(5-10)6-23/h7-11,13-14,20,23-24H,3-6H2,1-2H3,(H,26,27)/t8-,9-,10?,11+,13-,14-/m1/s1. The second kappa shape index (κ2) is 7.99. The molecule has 1 aromatic heterocycles. The van der Waals surface area contributed by atoms with Gasteiger partial charge in [0.05, 0.1) is 30.4 Å². The van der Waals surface area contributed by atoms with Crippen molar-refractivity contribution in [1.82, 2.24) is 15.2 Å². The lowest BCUT2D eigenvalue weighted by atomic mass is 9.79. The van der Waals surface area contributed by atoms with Crippen LogP contribution in [-0.2, 0) is 9.59 Å². The number of carboxylic acid groups (broad SMARTS) is 1. The van der Waals surface area contributed by atoms with E-state index >= 15 is 0 Å². The molecule has 4 rings (SSSR count). The molecular formula is C19H25N3O5S2. The van der Waals surface area contributed by atoms with Gasteiger partial charge in [-0.25, -0.2) is 9.78 Å². The van der Waals surface area contributed by atoms with Crippen molar-refractivity contribution < 1.29 is 24.9 Å². The number of nitrogens with zero attached hydrogens (tertiary/aromatic N) is 2. The van der Waals surface area contributed by atoms with Gasteiger partial charge in [-0.15, -0.1) is 11.3 Å². The summed E-state index contributed by atoms with van der Waals surface area (Å²) in [6, 6.07) is -0.236. The highest BCUT2D eigenvalue weighted by molar-refractivity contribution is 8.04. The highest BCUT2D eigenvalue weighted by atomic mass is 32.2. The number of amides is 1. The van der Waals surface area contributed by atoms with Crippen LogP contribution >= 0.6 is 23.1 Å². The quantitative estimate of drug-likeness (QED) is 0.488. The summed E-state index contributed by atoms with van der Waals surface area (Å²) in [6.07, 6.45) is 0.963. The molecule has 2 fully saturated rings. The number of piperidine rings is 1. The summed E-state index contributed by atoms with van der Waals surface area (Å²) in [7, 11) is 0. The van der Waals surface area contributed by atoms with E-state index < -0.39 is 18.0 Å². The largest absolute Gasteiger partial charge is 0.477 e. The highest BCUT2D eigenvalue weighted by Crippen LogP contribution is 2.52. The number of hydrogen-bond donors (Lipinski definition) is 4. The Hall–Kier alpha value is -1.46. The third kappa shape index (κ3) is 3.50. The minimum Gasteiger partial charge on any atom is -0.477 e. The smallest absolute Gasteiger partial charge is 0.353 e. The molecule has 2 saturated heterocycles. The number of carbonyl (C=O) groups is 2. The number of aliphatic carboxylic acids is 1. The van der Waals surface area contributed by atoms with Gasteiger partial charge < -0.3 is 25.5 Å². The van der Waals surface area contributed by atoms with Crippen molar-refractivity contribution in [3.05, 3.63) is 21.7 Å². The van der Waals surface area contributed by atoms with Gasteiger partial charge in [-0.3, -0.25) is 4.79 Å². The van der Waals surface area contributed by atoms with Crippen molar-refractivity contribution >= 4 is 35.0 Å². The molecule has 6 atom stereocenters. The van der Waals surface area contributed by atoms with Crippen LogP contribution in [0.15, 0.2) is 20.3 Å². The summed E-state index contributed by atoms with van der Waals surface area (Å²) in [6.45, 7) is 4.42. The Morgan fingerprint density at radius 3 is 2.93 bits per heavy atom. The Kier molecular flexibility index (Phi) is 5.73. The number of carbonyl (C=O) groups excluding carboxylic acids is 1. The van der Waals surface area contributed by atoms with E-state index in [0.717, 1.165) is 29.4 Å². The predicted octanol–water partition coefficient (Wildman–Crippen LogP) is 1.22. The molecule has 1 unspecified atom stereocenters. The Labute approximate surface area is 177 Å². The minimum absolute atomic E-state index is 0.0216. The monoisotopic (exact) mass is 439 g/mol. The molecule has 3 aliphatic rings. The van der Waals surface area contributed by atoms with Crippen LogP contribution in [-0.4, -0.2) is 68.4 Å². The Morgan fingerprint density at radius 2 is 2.28 bits per heavy atom. The molecule has 29 heavy (non-hydrogen) atoms. The molecule has 0 bridgehead atoms. The molecule has 4 heterocycles. The van der Waals surface area contributed by atoms with Crippen LogP contribution in [0.5, 0.6) is 0 Å². The van der Waals surface area contributed by atoms with Crippen LogP contribution in [0, 0.1) is 11.8 Å². The molecule has 10 heteroatoms. The van der Waals surface area contributed by atoms with Crippen LogP contribution < -0.4 is 5.32 Å². The summed E-state index contributed by atoms with van der Waals surface area (Å²) < 4.78 is 0.753. The number of β-lactam (4-membered cyclic amide) rings is 1. The number of hydrogen-bond acceptors (Lipinski definition) is 8. The van der Waals surface area contributed by atoms with Gasteiger partial charge in [-0.05, 0) is 26.3 Å². The number of thiazole rings is 1. The van der Waals surface area contributed by atoms with E-state index in [2.05, 4.69) is 5.32 Å². The first-order valence-corrected chi connectivity index (χ1v) is 11.5. The van der Waals surface area contributed by atoms with Gasteiger partial charge in [-0.2, -0.15) is 0 Å². The van der Waals surface area contributed by atoms with E-state index in [1.54, 1.807) is 6.92 Å². The zero-order valence-electron chi connectivity index (χ0n) is 16.2. The number of aliphatic hydroxyl groups excluding tert-OH is 2. The van der Waals surface area contributed by atoms with Crippen LogP contribution in [0.4, 0.5) is 0 Å². The molecule has 0 radical (unpaired) electrons. The highest BCUT2D eigenvalue weighted by Gasteiger charge is 2.60. The molecular weight excluding hydrogens is 414 g/mol. The Bertz CT molecular complexity index is 855. The van der Waals surface area contributed by atoms with Crippen molar-refractivity contribution in [2.45, 2.75) is 55.1 Å². The minimum atomic E-state index is -1.12. The number of nitrogens with one attached hydrogen (secondary N) is 1. The van der Waals surface area contributed by atoms with E-state index in [9.17, 15) is 24.9 Å². The van der Waals surface area contributed by atoms with Crippen molar-refractivity contribution in [3.63, 3.8) is 0 Å². The first kappa shape index (κ1) is 20.8. The molecule has 0 aliphatic carbocycles. The molecule has 1 amide bonds. The fraction of sp³-hybridized carbons (Fsp3) is 0.632. The second-order valence-corrected chi connectivity index (χ2v) is 10.1. The maximum atomic E-state index is 12.4. The lowest BCUT2D eigenvalue weighted by molar-refractivity contribution is -0.163. The molecule has 4 N–H and O–H groups in total. The molecule has 1 aromatic rings. The fourth-order valence-corrected chi connectivity index (χ4v) is 6.85. The summed E-state index contributed by atoms with van der Waals surface area (Å²) in [5, 5.41) is 34.4. The SMILES string of the molecule is C[C@@H](O)[C@H]1C(=O)N2C(C(=O)O)=C(Sc3nc(C4CCN[C@H](CO)C4)cs3)[C@H](C)[C@H]12. The number of aliphatic hydroxyl groups is 2. The third-order valence-corrected chi connectivity index (χ3v) is 8.38. The number of thioether (sulfide) groups is 1. The zero-order chi connectivity index (χ0) is 20.9. The maximum Gasteiger partial charge on any atom is 0.353 e. The Balaban J connectivity index is 1.55. The molecule has 0 saturated carbocycles. The van der Waals surface area contributed by atoms with Gasteiger partial charge in [0.1, 0.15) is 5.70 Å². The number of fused-ring (bicyclic) bond motifs is 1. The van der Waals surface area contributed by atoms with Crippen molar-refractivity contribution in [3.8, 4) is 0 Å². The predicted molar refractivity (Wildman–Crippen MR) is 108 cm³/mol. The first-order valence-electron chi connectivity index (χ1n) is 9.79. The van der Waals surface area contributed by atoms with Crippen molar-refractivity contribution in [1.29, 1.82) is 0 Å². The lowest BCUT2D eigenvalue weighted by Crippen LogP contribution is -2.63. The number of carboxylic acids is 1. The fourth-order valence-electron chi connectivity index (χ4n) is 4.67. The van der Waals surface area contributed by atoms with E-state index in [4.69, 9.17) is 4.98 Å². The topological polar surface area (TPSA) is 123 Å². The lowest BCUT2D eigenvalue weighted by Gasteiger charge is -2.46. The van der Waals surface area contributed by atoms with Gasteiger partial charge in [0.25, 0.3) is 0 Å². The van der Waals surface area contributed by atoms with Crippen LogP contribution in [0.1, 0.15) is 38.3 Å². The van der Waals surface area contributed by atoms with Crippen LogP contribution in [0.2, 0.25) is 0 Å². The summed E-state index contributed by atoms with van der Waals surface area (Å²) in [4.78, 5) is 31.0. The molecule has 8 nitrogen and oxygen atoms in total. The van der Waals surface area contributed by atoms with E-state index in [1.165, 1.54) is 28.0 Å². The second-order valence-electron chi connectivity index (χ2n) is 7.97.